The fraction of sp³-hybridized carbons (Fsp3) is 0.538. The van der Waals surface area contributed by atoms with Crippen molar-refractivity contribution in [3.63, 3.8) is 0 Å². The number of benzene rings is 1. The summed E-state index contributed by atoms with van der Waals surface area (Å²) in [4.78, 5) is 0. The predicted octanol–water partition coefficient (Wildman–Crippen LogP) is 2.05. The molecule has 3 nitrogen and oxygen atoms in total. The molecule has 0 unspecified atom stereocenters. The van der Waals surface area contributed by atoms with Crippen LogP contribution in [-0.2, 0) is 15.4 Å². The fourth-order valence-corrected chi connectivity index (χ4v) is 3.28. The van der Waals surface area contributed by atoms with Gasteiger partial charge in [0.15, 0.2) is 0 Å². The maximum Gasteiger partial charge on any atom is 0.211 e. The summed E-state index contributed by atoms with van der Waals surface area (Å²) in [5.41, 5.74) is 1.31. The van der Waals surface area contributed by atoms with Gasteiger partial charge in [-0.1, -0.05) is 37.3 Å². The van der Waals surface area contributed by atoms with Crippen LogP contribution in [0.4, 0.5) is 0 Å². The third kappa shape index (κ3) is 3.07. The number of hydrogen-bond donors (Lipinski definition) is 1. The lowest BCUT2D eigenvalue weighted by Gasteiger charge is -2.16. The molecule has 94 valence electrons. The first-order valence-corrected chi connectivity index (χ1v) is 7.76. The number of rotatable bonds is 6. The van der Waals surface area contributed by atoms with Crippen LogP contribution in [0.25, 0.3) is 0 Å². The molecule has 0 bridgehead atoms. The molecule has 1 aliphatic carbocycles. The van der Waals surface area contributed by atoms with Crippen LogP contribution in [0, 0.1) is 0 Å². The summed E-state index contributed by atoms with van der Waals surface area (Å²) in [5.74, 6) is 0.220. The second-order valence-electron chi connectivity index (χ2n) is 4.79. The van der Waals surface area contributed by atoms with Crippen molar-refractivity contribution >= 4 is 10.0 Å². The summed E-state index contributed by atoms with van der Waals surface area (Å²) in [6.45, 7) is 2.42. The first kappa shape index (κ1) is 12.6. The van der Waals surface area contributed by atoms with Crippen molar-refractivity contribution in [3.05, 3.63) is 35.9 Å². The van der Waals surface area contributed by atoms with E-state index in [-0.39, 0.29) is 11.2 Å². The van der Waals surface area contributed by atoms with E-state index < -0.39 is 10.0 Å². The Balaban J connectivity index is 2.01. The molecule has 0 saturated heterocycles. The maximum absolute atomic E-state index is 11.6. The maximum atomic E-state index is 11.6. The van der Waals surface area contributed by atoms with Gasteiger partial charge in [-0.25, -0.2) is 13.1 Å². The standard InChI is InChI=1S/C13H19NO2S/c1-2-10-17(15,16)14-11-13(8-9-13)12-6-4-3-5-7-12/h3-7,14H,2,8-11H2,1H3. The lowest BCUT2D eigenvalue weighted by Crippen LogP contribution is -2.33. The molecule has 1 N–H and O–H groups in total. The van der Waals surface area contributed by atoms with Gasteiger partial charge in [-0.05, 0) is 24.8 Å². The molecule has 0 aromatic heterocycles. The van der Waals surface area contributed by atoms with Crippen LogP contribution in [0.2, 0.25) is 0 Å². The molecule has 17 heavy (non-hydrogen) atoms. The highest BCUT2D eigenvalue weighted by molar-refractivity contribution is 7.89. The van der Waals surface area contributed by atoms with E-state index in [4.69, 9.17) is 0 Å². The lowest BCUT2D eigenvalue weighted by atomic mass is 9.96. The van der Waals surface area contributed by atoms with E-state index >= 15 is 0 Å². The molecule has 0 heterocycles. The van der Waals surface area contributed by atoms with Crippen LogP contribution in [0.1, 0.15) is 31.7 Å². The first-order chi connectivity index (χ1) is 8.08. The van der Waals surface area contributed by atoms with Gasteiger partial charge in [0.1, 0.15) is 0 Å². The van der Waals surface area contributed by atoms with Crippen molar-refractivity contribution in [2.75, 3.05) is 12.3 Å². The van der Waals surface area contributed by atoms with Crippen molar-refractivity contribution in [1.82, 2.24) is 4.72 Å². The quantitative estimate of drug-likeness (QED) is 0.843. The van der Waals surface area contributed by atoms with Crippen LogP contribution in [0.3, 0.4) is 0 Å². The van der Waals surface area contributed by atoms with Crippen molar-refractivity contribution < 1.29 is 8.42 Å². The highest BCUT2D eigenvalue weighted by Gasteiger charge is 2.44. The number of sulfonamides is 1. The summed E-state index contributed by atoms with van der Waals surface area (Å²) in [6.07, 6.45) is 2.81. The van der Waals surface area contributed by atoms with E-state index in [1.54, 1.807) is 0 Å². The van der Waals surface area contributed by atoms with Crippen molar-refractivity contribution in [3.8, 4) is 0 Å². The van der Waals surface area contributed by atoms with E-state index in [0.29, 0.717) is 13.0 Å². The van der Waals surface area contributed by atoms with Gasteiger partial charge in [-0.2, -0.15) is 0 Å². The van der Waals surface area contributed by atoms with E-state index in [9.17, 15) is 8.42 Å². The molecule has 1 aromatic carbocycles. The van der Waals surface area contributed by atoms with Gasteiger partial charge < -0.3 is 0 Å². The minimum absolute atomic E-state index is 0.0576. The molecule has 1 aliphatic rings. The summed E-state index contributed by atoms with van der Waals surface area (Å²) in [5, 5.41) is 0. The molecular weight excluding hydrogens is 234 g/mol. The van der Waals surface area contributed by atoms with Gasteiger partial charge in [0.25, 0.3) is 0 Å². The smallest absolute Gasteiger partial charge is 0.211 e. The average Bonchev–Trinajstić information content (AvgIpc) is 3.09. The lowest BCUT2D eigenvalue weighted by molar-refractivity contribution is 0.566. The topological polar surface area (TPSA) is 46.2 Å². The highest BCUT2D eigenvalue weighted by Crippen LogP contribution is 2.47. The molecule has 0 radical (unpaired) electrons. The monoisotopic (exact) mass is 253 g/mol. The Morgan fingerprint density at radius 3 is 2.41 bits per heavy atom. The molecule has 2 rings (SSSR count). The third-order valence-electron chi connectivity index (χ3n) is 3.34. The molecular formula is C13H19NO2S. The van der Waals surface area contributed by atoms with Crippen LogP contribution < -0.4 is 4.72 Å². The average molecular weight is 253 g/mol. The van der Waals surface area contributed by atoms with Gasteiger partial charge in [0.2, 0.25) is 10.0 Å². The Hall–Kier alpha value is -0.870. The number of hydrogen-bond acceptors (Lipinski definition) is 2. The van der Waals surface area contributed by atoms with Crippen LogP contribution in [-0.4, -0.2) is 20.7 Å². The molecule has 1 aromatic rings. The van der Waals surface area contributed by atoms with Gasteiger partial charge in [-0.15, -0.1) is 0 Å². The zero-order chi connectivity index (χ0) is 12.4. The van der Waals surface area contributed by atoms with Crippen LogP contribution in [0.5, 0.6) is 0 Å². The second kappa shape index (κ2) is 4.78. The van der Waals surface area contributed by atoms with Crippen molar-refractivity contribution in [2.45, 2.75) is 31.6 Å². The third-order valence-corrected chi connectivity index (χ3v) is 4.87. The Labute approximate surface area is 103 Å². The Bertz CT molecular complexity index is 463. The summed E-state index contributed by atoms with van der Waals surface area (Å²) in [6, 6.07) is 10.2. The zero-order valence-electron chi connectivity index (χ0n) is 10.1. The van der Waals surface area contributed by atoms with Crippen LogP contribution in [0.15, 0.2) is 30.3 Å². The van der Waals surface area contributed by atoms with E-state index in [1.807, 2.05) is 25.1 Å². The molecule has 0 amide bonds. The van der Waals surface area contributed by atoms with Gasteiger partial charge in [0, 0.05) is 12.0 Å². The molecule has 0 aliphatic heterocycles. The SMILES string of the molecule is CCCS(=O)(=O)NCC1(c2ccccc2)CC1. The minimum atomic E-state index is -3.08. The Morgan fingerprint density at radius 2 is 1.88 bits per heavy atom. The fourth-order valence-electron chi connectivity index (χ4n) is 2.10. The van der Waals surface area contributed by atoms with Crippen molar-refractivity contribution in [1.29, 1.82) is 0 Å². The Morgan fingerprint density at radius 1 is 1.24 bits per heavy atom. The largest absolute Gasteiger partial charge is 0.214 e. The second-order valence-corrected chi connectivity index (χ2v) is 6.71. The zero-order valence-corrected chi connectivity index (χ0v) is 11.0. The normalized spacial score (nSPS) is 17.9. The van der Waals surface area contributed by atoms with Gasteiger partial charge in [0.05, 0.1) is 5.75 Å². The molecule has 4 heteroatoms. The van der Waals surface area contributed by atoms with E-state index in [0.717, 1.165) is 12.8 Å². The van der Waals surface area contributed by atoms with Crippen LogP contribution >= 0.6 is 0 Å². The highest BCUT2D eigenvalue weighted by atomic mass is 32.2. The summed E-state index contributed by atoms with van der Waals surface area (Å²) >= 11 is 0. The van der Waals surface area contributed by atoms with Gasteiger partial charge >= 0.3 is 0 Å². The van der Waals surface area contributed by atoms with Crippen molar-refractivity contribution in [2.24, 2.45) is 0 Å². The molecule has 1 fully saturated rings. The first-order valence-electron chi connectivity index (χ1n) is 6.11. The molecule has 1 saturated carbocycles. The summed E-state index contributed by atoms with van der Waals surface area (Å²) in [7, 11) is -3.08. The predicted molar refractivity (Wildman–Crippen MR) is 69.4 cm³/mol. The van der Waals surface area contributed by atoms with Gasteiger partial charge in [-0.3, -0.25) is 0 Å². The van der Waals surface area contributed by atoms with E-state index in [1.165, 1.54) is 5.56 Å². The Kier molecular flexibility index (Phi) is 3.54. The molecule has 0 atom stereocenters. The molecule has 0 spiro atoms. The minimum Gasteiger partial charge on any atom is -0.214 e. The summed E-state index contributed by atoms with van der Waals surface area (Å²) < 4.78 is 26.0. The van der Waals surface area contributed by atoms with E-state index in [2.05, 4.69) is 16.9 Å². The number of nitrogens with one attached hydrogen (secondary N) is 1.